The molecule has 3 heterocycles. The van der Waals surface area contributed by atoms with Gasteiger partial charge in [0.1, 0.15) is 5.56 Å². The van der Waals surface area contributed by atoms with E-state index in [9.17, 15) is 4.79 Å². The lowest BCUT2D eigenvalue weighted by atomic mass is 9.99. The number of piperidine rings is 1. The molecule has 1 aliphatic heterocycles. The zero-order valence-electron chi connectivity index (χ0n) is 16.9. The first-order valence-electron chi connectivity index (χ1n) is 10.2. The van der Waals surface area contributed by atoms with Crippen molar-refractivity contribution in [3.63, 3.8) is 0 Å². The SMILES string of the molecule is CC[C@@H]1CCCCN1C(=O)c1c(C)nn(-c2ccc(C)cc2)c1-n1cccc1. The number of hydrogen-bond acceptors (Lipinski definition) is 2. The molecular weight excluding hydrogens is 348 g/mol. The average molecular weight is 377 g/mol. The number of benzene rings is 1. The van der Waals surface area contributed by atoms with Crippen LogP contribution in [0.15, 0.2) is 48.8 Å². The normalized spacial score (nSPS) is 17.1. The van der Waals surface area contributed by atoms with Crippen LogP contribution in [0.4, 0.5) is 0 Å². The van der Waals surface area contributed by atoms with Crippen LogP contribution in [0.2, 0.25) is 0 Å². The fourth-order valence-corrected chi connectivity index (χ4v) is 4.18. The highest BCUT2D eigenvalue weighted by molar-refractivity contribution is 5.99. The summed E-state index contributed by atoms with van der Waals surface area (Å²) in [4.78, 5) is 15.7. The Bertz CT molecular complexity index is 953. The van der Waals surface area contributed by atoms with Crippen molar-refractivity contribution in [2.75, 3.05) is 6.54 Å². The third-order valence-corrected chi connectivity index (χ3v) is 5.74. The van der Waals surface area contributed by atoms with Gasteiger partial charge >= 0.3 is 0 Å². The van der Waals surface area contributed by atoms with Crippen LogP contribution in [0.3, 0.4) is 0 Å². The fraction of sp³-hybridized carbons (Fsp3) is 0.391. The second-order valence-corrected chi connectivity index (χ2v) is 7.68. The van der Waals surface area contributed by atoms with Crippen LogP contribution >= 0.6 is 0 Å². The van der Waals surface area contributed by atoms with Crippen molar-refractivity contribution in [1.29, 1.82) is 0 Å². The Morgan fingerprint density at radius 1 is 1.11 bits per heavy atom. The number of carbonyl (C=O) groups is 1. The minimum atomic E-state index is 0.103. The smallest absolute Gasteiger partial charge is 0.259 e. The molecule has 1 aromatic carbocycles. The molecule has 146 valence electrons. The highest BCUT2D eigenvalue weighted by atomic mass is 16.2. The van der Waals surface area contributed by atoms with E-state index in [1.807, 2.05) is 40.7 Å². The highest BCUT2D eigenvalue weighted by Crippen LogP contribution is 2.28. The number of aryl methyl sites for hydroxylation is 2. The average Bonchev–Trinajstić information content (AvgIpc) is 3.35. The lowest BCUT2D eigenvalue weighted by molar-refractivity contribution is 0.0607. The summed E-state index contributed by atoms with van der Waals surface area (Å²) in [5.74, 6) is 0.919. The van der Waals surface area contributed by atoms with E-state index in [0.717, 1.165) is 43.0 Å². The Balaban J connectivity index is 1.85. The lowest BCUT2D eigenvalue weighted by Gasteiger charge is -2.35. The molecule has 5 nitrogen and oxygen atoms in total. The first-order chi connectivity index (χ1) is 13.6. The van der Waals surface area contributed by atoms with Gasteiger partial charge in [-0.15, -0.1) is 0 Å². The van der Waals surface area contributed by atoms with Crippen LogP contribution in [0.5, 0.6) is 0 Å². The Hall–Kier alpha value is -2.82. The van der Waals surface area contributed by atoms with Gasteiger partial charge in [-0.25, -0.2) is 4.68 Å². The molecule has 0 radical (unpaired) electrons. The maximum Gasteiger partial charge on any atom is 0.259 e. The lowest BCUT2D eigenvalue weighted by Crippen LogP contribution is -2.43. The van der Waals surface area contributed by atoms with Crippen LogP contribution in [0.25, 0.3) is 11.5 Å². The number of rotatable bonds is 4. The summed E-state index contributed by atoms with van der Waals surface area (Å²) in [6.07, 6.45) is 8.32. The van der Waals surface area contributed by atoms with E-state index < -0.39 is 0 Å². The van der Waals surface area contributed by atoms with E-state index in [1.54, 1.807) is 0 Å². The van der Waals surface area contributed by atoms with Crippen molar-refractivity contribution in [3.8, 4) is 11.5 Å². The molecule has 28 heavy (non-hydrogen) atoms. The van der Waals surface area contributed by atoms with Gasteiger partial charge in [-0.05, 0) is 63.8 Å². The first kappa shape index (κ1) is 18.5. The number of carbonyl (C=O) groups excluding carboxylic acids is 1. The summed E-state index contributed by atoms with van der Waals surface area (Å²) in [5.41, 5.74) is 3.64. The van der Waals surface area contributed by atoms with Gasteiger partial charge in [0.2, 0.25) is 0 Å². The summed E-state index contributed by atoms with van der Waals surface area (Å²) in [6, 6.07) is 12.5. The molecule has 0 bridgehead atoms. The third kappa shape index (κ3) is 3.26. The summed E-state index contributed by atoms with van der Waals surface area (Å²) in [6.45, 7) is 7.01. The first-order valence-corrected chi connectivity index (χ1v) is 10.2. The molecule has 1 fully saturated rings. The standard InChI is InChI=1S/C23H28N4O/c1-4-19-9-5-6-16-26(19)23(28)21-18(3)24-27(20-12-10-17(2)11-13-20)22(21)25-14-7-8-15-25/h7-8,10-15,19H,4-6,9,16H2,1-3H3/t19-/m1/s1. The largest absolute Gasteiger partial charge is 0.336 e. The molecule has 0 aliphatic carbocycles. The summed E-state index contributed by atoms with van der Waals surface area (Å²) in [5, 5.41) is 4.78. The number of likely N-dealkylation sites (tertiary alicyclic amines) is 1. The maximum atomic E-state index is 13.7. The van der Waals surface area contributed by atoms with Gasteiger partial charge < -0.3 is 9.47 Å². The summed E-state index contributed by atoms with van der Waals surface area (Å²) in [7, 11) is 0. The topological polar surface area (TPSA) is 43.1 Å². The van der Waals surface area contributed by atoms with Gasteiger partial charge in [0, 0.05) is 25.0 Å². The Kier molecular flexibility index (Phi) is 5.07. The second kappa shape index (κ2) is 7.66. The second-order valence-electron chi connectivity index (χ2n) is 7.68. The van der Waals surface area contributed by atoms with Gasteiger partial charge in [-0.3, -0.25) is 4.79 Å². The molecule has 1 atom stereocenters. The number of hydrogen-bond donors (Lipinski definition) is 0. The zero-order valence-corrected chi connectivity index (χ0v) is 16.9. The molecule has 1 aliphatic rings. The molecule has 5 heteroatoms. The van der Waals surface area contributed by atoms with E-state index in [-0.39, 0.29) is 5.91 Å². The minimum absolute atomic E-state index is 0.103. The van der Waals surface area contributed by atoms with Crippen molar-refractivity contribution in [2.24, 2.45) is 0 Å². The Morgan fingerprint density at radius 2 is 1.82 bits per heavy atom. The van der Waals surface area contributed by atoms with Crippen LogP contribution in [-0.4, -0.2) is 37.7 Å². The zero-order chi connectivity index (χ0) is 19.7. The fourth-order valence-electron chi connectivity index (χ4n) is 4.18. The summed E-state index contributed by atoms with van der Waals surface area (Å²) >= 11 is 0. The monoisotopic (exact) mass is 376 g/mol. The molecule has 1 amide bonds. The molecule has 2 aromatic heterocycles. The molecular formula is C23H28N4O. The molecule has 0 N–H and O–H groups in total. The number of aromatic nitrogens is 3. The van der Waals surface area contributed by atoms with Crippen LogP contribution in [0, 0.1) is 13.8 Å². The van der Waals surface area contributed by atoms with Crippen molar-refractivity contribution in [3.05, 3.63) is 65.6 Å². The van der Waals surface area contributed by atoms with Crippen molar-refractivity contribution < 1.29 is 4.79 Å². The van der Waals surface area contributed by atoms with Gasteiger partial charge in [-0.1, -0.05) is 24.6 Å². The Labute approximate surface area is 166 Å². The van der Waals surface area contributed by atoms with E-state index in [4.69, 9.17) is 5.10 Å². The quantitative estimate of drug-likeness (QED) is 0.663. The maximum absolute atomic E-state index is 13.7. The molecule has 1 saturated heterocycles. The van der Waals surface area contributed by atoms with E-state index in [0.29, 0.717) is 11.6 Å². The van der Waals surface area contributed by atoms with Gasteiger partial charge in [-0.2, -0.15) is 5.10 Å². The highest BCUT2D eigenvalue weighted by Gasteiger charge is 2.32. The van der Waals surface area contributed by atoms with Crippen LogP contribution < -0.4 is 0 Å². The van der Waals surface area contributed by atoms with Crippen LogP contribution in [-0.2, 0) is 0 Å². The minimum Gasteiger partial charge on any atom is -0.336 e. The third-order valence-electron chi connectivity index (χ3n) is 5.74. The van der Waals surface area contributed by atoms with Crippen molar-refractivity contribution in [1.82, 2.24) is 19.2 Å². The molecule has 3 aromatic rings. The predicted molar refractivity (Wildman–Crippen MR) is 111 cm³/mol. The molecule has 0 unspecified atom stereocenters. The molecule has 0 spiro atoms. The van der Waals surface area contributed by atoms with E-state index in [1.165, 1.54) is 12.0 Å². The molecule has 0 saturated carbocycles. The van der Waals surface area contributed by atoms with E-state index in [2.05, 4.69) is 43.0 Å². The van der Waals surface area contributed by atoms with Crippen LogP contribution in [0.1, 0.15) is 54.2 Å². The predicted octanol–water partition coefficient (Wildman–Crippen LogP) is 4.68. The Morgan fingerprint density at radius 3 is 2.50 bits per heavy atom. The van der Waals surface area contributed by atoms with Gasteiger partial charge in [0.15, 0.2) is 5.82 Å². The van der Waals surface area contributed by atoms with Gasteiger partial charge in [0.05, 0.1) is 11.4 Å². The van der Waals surface area contributed by atoms with Crippen molar-refractivity contribution in [2.45, 2.75) is 52.5 Å². The van der Waals surface area contributed by atoms with Crippen molar-refractivity contribution >= 4 is 5.91 Å². The number of amides is 1. The molecule has 4 rings (SSSR count). The summed E-state index contributed by atoms with van der Waals surface area (Å²) < 4.78 is 3.89. The van der Waals surface area contributed by atoms with E-state index >= 15 is 0 Å². The van der Waals surface area contributed by atoms with Gasteiger partial charge in [0.25, 0.3) is 5.91 Å². The number of nitrogens with zero attached hydrogens (tertiary/aromatic N) is 4.